The van der Waals surface area contributed by atoms with E-state index < -0.39 is 29.2 Å². The fourth-order valence-electron chi connectivity index (χ4n) is 1.88. The van der Waals surface area contributed by atoms with Gasteiger partial charge in [-0.25, -0.2) is 0 Å². The van der Waals surface area contributed by atoms with E-state index in [-0.39, 0.29) is 23.4 Å². The van der Waals surface area contributed by atoms with E-state index in [0.717, 1.165) is 17.0 Å². The normalized spacial score (nSPS) is 12.8. The number of nitrogens with one attached hydrogen (secondary N) is 1. The Morgan fingerprint density at radius 2 is 2.00 bits per heavy atom. The molecule has 8 heteroatoms. The van der Waals surface area contributed by atoms with Gasteiger partial charge in [0.05, 0.1) is 22.6 Å². The molecule has 0 unspecified atom stereocenters. The summed E-state index contributed by atoms with van der Waals surface area (Å²) in [7, 11) is 0. The number of imide groups is 1. The third kappa shape index (κ3) is 2.57. The Hall–Kier alpha value is -3.21. The maximum Gasteiger partial charge on any atom is 0.270 e. The quantitative estimate of drug-likeness (QED) is 0.361. The van der Waals surface area contributed by atoms with E-state index in [9.17, 15) is 24.5 Å². The van der Waals surface area contributed by atoms with Crippen molar-refractivity contribution in [2.24, 2.45) is 0 Å². The molecule has 0 saturated heterocycles. The highest BCUT2D eigenvalue weighted by Crippen LogP contribution is 2.26. The number of rotatable bonds is 4. The predicted molar refractivity (Wildman–Crippen MR) is 70.3 cm³/mol. The van der Waals surface area contributed by atoms with Crippen LogP contribution in [0.1, 0.15) is 20.7 Å². The second-order valence-corrected chi connectivity index (χ2v) is 4.16. The Labute approximate surface area is 118 Å². The number of nitro benzene ring substituents is 1. The van der Waals surface area contributed by atoms with Gasteiger partial charge in [0.2, 0.25) is 5.91 Å². The molecule has 0 aliphatic carbocycles. The van der Waals surface area contributed by atoms with Crippen molar-refractivity contribution >= 4 is 23.4 Å². The molecule has 0 saturated carbocycles. The minimum Gasteiger partial charge on any atom is -0.344 e. The Bertz CT molecular complexity index is 704. The van der Waals surface area contributed by atoms with Crippen molar-refractivity contribution < 1.29 is 19.3 Å². The fourth-order valence-corrected chi connectivity index (χ4v) is 1.88. The van der Waals surface area contributed by atoms with Crippen molar-refractivity contribution in [3.63, 3.8) is 0 Å². The van der Waals surface area contributed by atoms with E-state index in [1.807, 2.05) is 0 Å². The second-order valence-electron chi connectivity index (χ2n) is 4.16. The van der Waals surface area contributed by atoms with Crippen LogP contribution in [0, 0.1) is 22.5 Å². The lowest BCUT2D eigenvalue weighted by Crippen LogP contribution is -2.40. The molecule has 21 heavy (non-hydrogen) atoms. The molecule has 0 aromatic heterocycles. The molecule has 8 nitrogen and oxygen atoms in total. The summed E-state index contributed by atoms with van der Waals surface area (Å²) in [6.45, 7) is -0.505. The van der Waals surface area contributed by atoms with E-state index in [2.05, 4.69) is 11.2 Å². The summed E-state index contributed by atoms with van der Waals surface area (Å²) in [5.41, 5.74) is -0.345. The molecule has 1 aromatic rings. The summed E-state index contributed by atoms with van der Waals surface area (Å²) >= 11 is 0. The molecule has 106 valence electrons. The molecule has 1 aliphatic rings. The monoisotopic (exact) mass is 287 g/mol. The first-order valence-corrected chi connectivity index (χ1v) is 5.80. The van der Waals surface area contributed by atoms with Gasteiger partial charge in [0.15, 0.2) is 0 Å². The lowest BCUT2D eigenvalue weighted by atomic mass is 10.1. The number of hydrogen-bond donors (Lipinski definition) is 1. The average molecular weight is 287 g/mol. The first kappa shape index (κ1) is 14.2. The van der Waals surface area contributed by atoms with Crippen LogP contribution >= 0.6 is 0 Å². The largest absolute Gasteiger partial charge is 0.344 e. The number of amides is 3. The van der Waals surface area contributed by atoms with Gasteiger partial charge in [-0.1, -0.05) is 5.92 Å². The van der Waals surface area contributed by atoms with Crippen molar-refractivity contribution in [1.29, 1.82) is 0 Å². The highest BCUT2D eigenvalue weighted by atomic mass is 16.6. The summed E-state index contributed by atoms with van der Waals surface area (Å²) in [6, 6.07) is 3.36. The number of hydrogen-bond acceptors (Lipinski definition) is 5. The van der Waals surface area contributed by atoms with Crippen LogP contribution in [0.15, 0.2) is 18.2 Å². The minimum atomic E-state index is -0.741. The predicted octanol–water partition coefficient (Wildman–Crippen LogP) is -0.0598. The lowest BCUT2D eigenvalue weighted by molar-refractivity contribution is -0.384. The van der Waals surface area contributed by atoms with Gasteiger partial charge in [-0.2, -0.15) is 0 Å². The molecule has 0 radical (unpaired) electrons. The average Bonchev–Trinajstić information content (AvgIpc) is 2.69. The van der Waals surface area contributed by atoms with Crippen molar-refractivity contribution in [1.82, 2.24) is 10.2 Å². The number of terminal acetylenes is 1. The van der Waals surface area contributed by atoms with E-state index in [4.69, 9.17) is 6.42 Å². The molecular weight excluding hydrogens is 278 g/mol. The summed E-state index contributed by atoms with van der Waals surface area (Å²) in [6.07, 6.45) is 4.98. The van der Waals surface area contributed by atoms with Gasteiger partial charge in [-0.05, 0) is 6.07 Å². The van der Waals surface area contributed by atoms with Crippen LogP contribution in [0.4, 0.5) is 5.69 Å². The van der Waals surface area contributed by atoms with Crippen molar-refractivity contribution in [3.05, 3.63) is 39.4 Å². The number of benzene rings is 1. The van der Waals surface area contributed by atoms with Crippen LogP contribution in [0.3, 0.4) is 0 Å². The summed E-state index contributed by atoms with van der Waals surface area (Å²) in [4.78, 5) is 46.3. The Morgan fingerprint density at radius 3 is 2.62 bits per heavy atom. The van der Waals surface area contributed by atoms with E-state index in [1.165, 1.54) is 6.07 Å². The Balaban J connectivity index is 2.24. The molecule has 1 heterocycles. The number of carbonyl (C=O) groups excluding carboxylic acids is 3. The first-order valence-electron chi connectivity index (χ1n) is 5.80. The molecule has 0 fully saturated rings. The maximum atomic E-state index is 12.1. The zero-order valence-corrected chi connectivity index (χ0v) is 10.7. The van der Waals surface area contributed by atoms with E-state index >= 15 is 0 Å². The van der Waals surface area contributed by atoms with Crippen LogP contribution in [0.5, 0.6) is 0 Å². The fraction of sp³-hybridized carbons (Fsp3) is 0.154. The van der Waals surface area contributed by atoms with Crippen molar-refractivity contribution in [2.75, 3.05) is 13.1 Å². The van der Waals surface area contributed by atoms with Crippen LogP contribution in [-0.4, -0.2) is 40.6 Å². The number of nitro groups is 1. The molecular formula is C13H9N3O5. The van der Waals surface area contributed by atoms with Crippen LogP contribution < -0.4 is 5.32 Å². The highest BCUT2D eigenvalue weighted by molar-refractivity contribution is 6.22. The standard InChI is InChI=1S/C13H9N3O5/c1-2-5-14-11(17)7-15-12(18)9-4-3-8(16(20)21)6-10(9)13(15)19/h1,3-4,6H,5,7H2,(H,14,17). The molecule has 0 bridgehead atoms. The molecule has 1 N–H and O–H groups in total. The van der Waals surface area contributed by atoms with Gasteiger partial charge in [0.1, 0.15) is 6.54 Å². The molecule has 2 rings (SSSR count). The van der Waals surface area contributed by atoms with Crippen molar-refractivity contribution in [2.45, 2.75) is 0 Å². The number of carbonyl (C=O) groups is 3. The van der Waals surface area contributed by atoms with Crippen LogP contribution in [0.2, 0.25) is 0 Å². The molecule has 1 aliphatic heterocycles. The summed E-state index contributed by atoms with van der Waals surface area (Å²) in [5, 5.41) is 13.0. The highest BCUT2D eigenvalue weighted by Gasteiger charge is 2.37. The molecule has 1 aromatic carbocycles. The molecule has 3 amide bonds. The van der Waals surface area contributed by atoms with Crippen LogP contribution in [-0.2, 0) is 4.79 Å². The Morgan fingerprint density at radius 1 is 1.33 bits per heavy atom. The van der Waals surface area contributed by atoms with Gasteiger partial charge >= 0.3 is 0 Å². The zero-order valence-electron chi connectivity index (χ0n) is 10.7. The van der Waals surface area contributed by atoms with Crippen LogP contribution in [0.25, 0.3) is 0 Å². The number of non-ortho nitro benzene ring substituents is 1. The van der Waals surface area contributed by atoms with E-state index in [0.29, 0.717) is 0 Å². The maximum absolute atomic E-state index is 12.1. The molecule has 0 spiro atoms. The SMILES string of the molecule is C#CCNC(=O)CN1C(=O)c2ccc([N+](=O)[O-])cc2C1=O. The first-order chi connectivity index (χ1) is 9.95. The zero-order chi connectivity index (χ0) is 15.6. The Kier molecular flexibility index (Phi) is 3.67. The van der Waals surface area contributed by atoms with E-state index in [1.54, 1.807) is 0 Å². The minimum absolute atomic E-state index is 0.0204. The van der Waals surface area contributed by atoms with Gasteiger partial charge in [0, 0.05) is 12.1 Å². The summed E-state index contributed by atoms with van der Waals surface area (Å²) in [5.74, 6) is 0.194. The third-order valence-corrected chi connectivity index (χ3v) is 2.85. The van der Waals surface area contributed by atoms with Crippen molar-refractivity contribution in [3.8, 4) is 12.3 Å². The van der Waals surface area contributed by atoms with Gasteiger partial charge in [0.25, 0.3) is 17.5 Å². The second kappa shape index (κ2) is 5.42. The third-order valence-electron chi connectivity index (χ3n) is 2.85. The number of nitrogens with zero attached hydrogens (tertiary/aromatic N) is 2. The summed E-state index contributed by atoms with van der Waals surface area (Å²) < 4.78 is 0. The van der Waals surface area contributed by atoms with Gasteiger partial charge < -0.3 is 5.32 Å². The topological polar surface area (TPSA) is 110 Å². The van der Waals surface area contributed by atoms with Gasteiger partial charge in [-0.15, -0.1) is 6.42 Å². The number of fused-ring (bicyclic) bond motifs is 1. The molecule has 0 atom stereocenters. The van der Waals surface area contributed by atoms with Gasteiger partial charge in [-0.3, -0.25) is 29.4 Å². The lowest BCUT2D eigenvalue weighted by Gasteiger charge is -2.12. The smallest absolute Gasteiger partial charge is 0.270 e.